The quantitative estimate of drug-likeness (QED) is 0.917. The highest BCUT2D eigenvalue weighted by atomic mass is 32.2. The third-order valence-corrected chi connectivity index (χ3v) is 5.16. The second-order valence-electron chi connectivity index (χ2n) is 4.87. The summed E-state index contributed by atoms with van der Waals surface area (Å²) in [4.78, 5) is 11.5. The van der Waals surface area contributed by atoms with Crippen molar-refractivity contribution in [3.05, 3.63) is 23.8 Å². The van der Waals surface area contributed by atoms with E-state index >= 15 is 0 Å². The molecule has 1 saturated carbocycles. The van der Waals surface area contributed by atoms with Crippen LogP contribution in [0, 0.1) is 0 Å². The molecule has 1 atom stereocenters. The lowest BCUT2D eigenvalue weighted by atomic mass is 10.1. The number of hydrogen-bond acceptors (Lipinski definition) is 4. The van der Waals surface area contributed by atoms with Crippen LogP contribution in [0.3, 0.4) is 0 Å². The molecule has 102 valence electrons. The number of aliphatic carboxylic acids is 1. The number of thioether (sulfide) groups is 1. The summed E-state index contributed by atoms with van der Waals surface area (Å²) in [6.45, 7) is 0.215. The normalized spacial score (nSPS) is 19.6. The molecule has 1 heterocycles. The number of rotatable bonds is 4. The molecule has 1 aromatic carbocycles. The summed E-state index contributed by atoms with van der Waals surface area (Å²) < 4.78 is 10.6. The number of carboxylic acids is 1. The van der Waals surface area contributed by atoms with Gasteiger partial charge in [0.15, 0.2) is 11.5 Å². The molecule has 19 heavy (non-hydrogen) atoms. The van der Waals surface area contributed by atoms with Crippen LogP contribution in [0.2, 0.25) is 0 Å². The van der Waals surface area contributed by atoms with Crippen LogP contribution in [0.25, 0.3) is 0 Å². The van der Waals surface area contributed by atoms with Gasteiger partial charge < -0.3 is 14.6 Å². The van der Waals surface area contributed by atoms with Crippen molar-refractivity contribution < 1.29 is 19.4 Å². The number of carboxylic acid groups (broad SMARTS) is 1. The molecule has 0 radical (unpaired) electrons. The fraction of sp³-hybridized carbons (Fsp3) is 0.500. The maximum atomic E-state index is 11.5. The molecule has 0 saturated heterocycles. The van der Waals surface area contributed by atoms with Gasteiger partial charge in [0.2, 0.25) is 6.79 Å². The molecule has 0 bridgehead atoms. The van der Waals surface area contributed by atoms with Gasteiger partial charge in [0.25, 0.3) is 0 Å². The van der Waals surface area contributed by atoms with Gasteiger partial charge in [-0.05, 0) is 30.5 Å². The lowest BCUT2D eigenvalue weighted by Crippen LogP contribution is -2.11. The Hall–Kier alpha value is -1.36. The van der Waals surface area contributed by atoms with E-state index in [1.54, 1.807) is 23.9 Å². The van der Waals surface area contributed by atoms with E-state index in [0.717, 1.165) is 18.4 Å². The van der Waals surface area contributed by atoms with Crippen molar-refractivity contribution in [2.24, 2.45) is 0 Å². The van der Waals surface area contributed by atoms with Crippen LogP contribution in [0.5, 0.6) is 11.5 Å². The molecular formula is C14H16O4S. The zero-order valence-electron chi connectivity index (χ0n) is 10.5. The summed E-state index contributed by atoms with van der Waals surface area (Å²) in [6.07, 6.45) is 4.67. The predicted octanol–water partition coefficient (Wildman–Crippen LogP) is 3.22. The number of fused-ring (bicyclic) bond motifs is 1. The van der Waals surface area contributed by atoms with Crippen molar-refractivity contribution in [3.63, 3.8) is 0 Å². The minimum absolute atomic E-state index is 0.215. The number of carbonyl (C=O) groups is 1. The van der Waals surface area contributed by atoms with Crippen LogP contribution in [-0.4, -0.2) is 23.1 Å². The number of benzene rings is 1. The summed E-state index contributed by atoms with van der Waals surface area (Å²) in [7, 11) is 0. The first-order valence-corrected chi connectivity index (χ1v) is 7.46. The van der Waals surface area contributed by atoms with Crippen LogP contribution < -0.4 is 9.47 Å². The molecule has 1 aliphatic carbocycles. The Labute approximate surface area is 116 Å². The smallest absolute Gasteiger partial charge is 0.321 e. The standard InChI is InChI=1S/C14H16O4S/c15-14(16)13(19-10-3-1-2-4-10)9-5-6-11-12(7-9)18-8-17-11/h5-7,10,13H,1-4,8H2,(H,15,16). The molecule has 0 amide bonds. The summed E-state index contributed by atoms with van der Waals surface area (Å²) in [6, 6.07) is 5.42. The fourth-order valence-electron chi connectivity index (χ4n) is 2.57. The third-order valence-electron chi connectivity index (χ3n) is 3.55. The maximum absolute atomic E-state index is 11.5. The van der Waals surface area contributed by atoms with Gasteiger partial charge in [-0.15, -0.1) is 11.8 Å². The average Bonchev–Trinajstić information content (AvgIpc) is 3.05. The zero-order chi connectivity index (χ0) is 13.2. The van der Waals surface area contributed by atoms with Gasteiger partial charge >= 0.3 is 5.97 Å². The molecule has 1 aromatic rings. The molecule has 1 aliphatic heterocycles. The molecule has 1 N–H and O–H groups in total. The largest absolute Gasteiger partial charge is 0.480 e. The van der Waals surface area contributed by atoms with E-state index in [2.05, 4.69) is 0 Å². The molecule has 5 heteroatoms. The van der Waals surface area contributed by atoms with E-state index < -0.39 is 11.2 Å². The fourth-order valence-corrected chi connectivity index (χ4v) is 3.98. The first-order chi connectivity index (χ1) is 9.24. The highest BCUT2D eigenvalue weighted by Crippen LogP contribution is 2.42. The summed E-state index contributed by atoms with van der Waals surface area (Å²) in [5.41, 5.74) is 0.786. The average molecular weight is 280 g/mol. The van der Waals surface area contributed by atoms with Crippen LogP contribution in [0.15, 0.2) is 18.2 Å². The van der Waals surface area contributed by atoms with Crippen molar-refractivity contribution >= 4 is 17.7 Å². The predicted molar refractivity (Wildman–Crippen MR) is 72.8 cm³/mol. The number of hydrogen-bond donors (Lipinski definition) is 1. The highest BCUT2D eigenvalue weighted by molar-refractivity contribution is 8.00. The number of ether oxygens (including phenoxy) is 2. The lowest BCUT2D eigenvalue weighted by Gasteiger charge is -2.17. The summed E-state index contributed by atoms with van der Waals surface area (Å²) in [5, 5.41) is 9.39. The monoisotopic (exact) mass is 280 g/mol. The zero-order valence-corrected chi connectivity index (χ0v) is 11.3. The second kappa shape index (κ2) is 5.33. The molecule has 3 rings (SSSR count). The van der Waals surface area contributed by atoms with Crippen LogP contribution in [0.1, 0.15) is 36.5 Å². The SMILES string of the molecule is O=C(O)C(SC1CCCC1)c1ccc2c(c1)OCO2. The topological polar surface area (TPSA) is 55.8 Å². The van der Waals surface area contributed by atoms with Crippen molar-refractivity contribution in [2.45, 2.75) is 36.2 Å². The Balaban J connectivity index is 1.81. The Kier molecular flexibility index (Phi) is 3.55. The molecule has 1 fully saturated rings. The minimum Gasteiger partial charge on any atom is -0.480 e. The Morgan fingerprint density at radius 1 is 1.26 bits per heavy atom. The van der Waals surface area contributed by atoms with E-state index in [0.29, 0.717) is 16.7 Å². The summed E-state index contributed by atoms with van der Waals surface area (Å²) in [5.74, 6) is 0.560. The Morgan fingerprint density at radius 2 is 2.00 bits per heavy atom. The van der Waals surface area contributed by atoms with Gasteiger partial charge in [0.05, 0.1) is 0 Å². The first-order valence-electron chi connectivity index (χ1n) is 6.52. The minimum atomic E-state index is -0.782. The first kappa shape index (κ1) is 12.7. The van der Waals surface area contributed by atoms with Gasteiger partial charge in [-0.3, -0.25) is 4.79 Å². The van der Waals surface area contributed by atoms with Gasteiger partial charge in [-0.25, -0.2) is 0 Å². The molecular weight excluding hydrogens is 264 g/mol. The van der Waals surface area contributed by atoms with E-state index in [9.17, 15) is 9.90 Å². The van der Waals surface area contributed by atoms with Crippen LogP contribution >= 0.6 is 11.8 Å². The van der Waals surface area contributed by atoms with Gasteiger partial charge in [0.1, 0.15) is 5.25 Å². The van der Waals surface area contributed by atoms with E-state index in [1.807, 2.05) is 6.07 Å². The second-order valence-corrected chi connectivity index (χ2v) is 6.28. The maximum Gasteiger partial charge on any atom is 0.321 e. The van der Waals surface area contributed by atoms with Crippen molar-refractivity contribution in [2.75, 3.05) is 6.79 Å². The van der Waals surface area contributed by atoms with Gasteiger partial charge in [-0.2, -0.15) is 0 Å². The molecule has 0 spiro atoms. The Bertz CT molecular complexity index is 482. The van der Waals surface area contributed by atoms with Crippen LogP contribution in [0.4, 0.5) is 0 Å². The third kappa shape index (κ3) is 2.66. The lowest BCUT2D eigenvalue weighted by molar-refractivity contribution is -0.136. The van der Waals surface area contributed by atoms with Gasteiger partial charge in [-0.1, -0.05) is 18.9 Å². The summed E-state index contributed by atoms with van der Waals surface area (Å²) >= 11 is 1.56. The van der Waals surface area contributed by atoms with Crippen molar-refractivity contribution in [1.29, 1.82) is 0 Å². The molecule has 4 nitrogen and oxygen atoms in total. The van der Waals surface area contributed by atoms with E-state index in [4.69, 9.17) is 9.47 Å². The molecule has 2 aliphatic rings. The van der Waals surface area contributed by atoms with E-state index in [1.165, 1.54) is 12.8 Å². The van der Waals surface area contributed by atoms with Crippen molar-refractivity contribution in [1.82, 2.24) is 0 Å². The van der Waals surface area contributed by atoms with Gasteiger partial charge in [0, 0.05) is 5.25 Å². The van der Waals surface area contributed by atoms with E-state index in [-0.39, 0.29) is 6.79 Å². The molecule has 0 aromatic heterocycles. The van der Waals surface area contributed by atoms with Crippen LogP contribution in [-0.2, 0) is 4.79 Å². The Morgan fingerprint density at radius 3 is 2.74 bits per heavy atom. The van der Waals surface area contributed by atoms with Crippen molar-refractivity contribution in [3.8, 4) is 11.5 Å². The molecule has 1 unspecified atom stereocenters. The highest BCUT2D eigenvalue weighted by Gasteiger charge is 2.28.